The van der Waals surface area contributed by atoms with Crippen LogP contribution in [-0.4, -0.2) is 28.4 Å². The van der Waals surface area contributed by atoms with Crippen LogP contribution in [0.2, 0.25) is 0 Å². The Hall–Kier alpha value is -3.13. The van der Waals surface area contributed by atoms with Crippen LogP contribution in [0.15, 0.2) is 60.7 Å². The molecule has 0 aromatic heterocycles. The summed E-state index contributed by atoms with van der Waals surface area (Å²) in [6, 6.07) is 11.9. The molecule has 214 valence electrons. The molecule has 0 saturated heterocycles. The Labute approximate surface area is 230 Å². The lowest BCUT2D eigenvalue weighted by Gasteiger charge is -2.21. The minimum absolute atomic E-state index is 0.0311. The highest BCUT2D eigenvalue weighted by molar-refractivity contribution is 5.90. The van der Waals surface area contributed by atoms with E-state index in [-0.39, 0.29) is 19.0 Å². The van der Waals surface area contributed by atoms with Gasteiger partial charge in [0.1, 0.15) is 0 Å². The van der Waals surface area contributed by atoms with E-state index < -0.39 is 17.7 Å². The fourth-order valence-corrected chi connectivity index (χ4v) is 4.23. The van der Waals surface area contributed by atoms with Crippen LogP contribution in [0, 0.1) is 0 Å². The lowest BCUT2D eigenvalue weighted by Crippen LogP contribution is -2.29. The van der Waals surface area contributed by atoms with Gasteiger partial charge in [-0.3, -0.25) is 14.5 Å². The van der Waals surface area contributed by atoms with Gasteiger partial charge < -0.3 is 10.4 Å². The highest BCUT2D eigenvalue weighted by Crippen LogP contribution is 2.29. The van der Waals surface area contributed by atoms with Crippen molar-refractivity contribution in [1.29, 1.82) is 0 Å². The van der Waals surface area contributed by atoms with Crippen LogP contribution in [0.1, 0.15) is 87.8 Å². The Balaban J connectivity index is 1.73. The molecule has 0 atom stereocenters. The lowest BCUT2D eigenvalue weighted by atomic mass is 10.1. The van der Waals surface area contributed by atoms with Gasteiger partial charge in [0.25, 0.3) is 0 Å². The van der Waals surface area contributed by atoms with E-state index in [2.05, 4.69) is 24.4 Å². The predicted molar refractivity (Wildman–Crippen MR) is 149 cm³/mol. The summed E-state index contributed by atoms with van der Waals surface area (Å²) < 4.78 is 38.4. The number of halogens is 3. The maximum absolute atomic E-state index is 12.8. The summed E-state index contributed by atoms with van der Waals surface area (Å²) in [5.74, 6) is -1.05. The van der Waals surface area contributed by atoms with Gasteiger partial charge in [-0.15, -0.1) is 0 Å². The summed E-state index contributed by atoms with van der Waals surface area (Å²) in [4.78, 5) is 25.3. The van der Waals surface area contributed by atoms with Gasteiger partial charge in [-0.1, -0.05) is 75.4 Å². The topological polar surface area (TPSA) is 69.6 Å². The SMILES string of the molecule is CCCC/C=C\CCCCCCCC(=O)Nc1ccc(CN(CC(=O)O)Cc2ccc(C(F)(F)F)cc2)cc1. The van der Waals surface area contributed by atoms with Crippen LogP contribution in [0.4, 0.5) is 18.9 Å². The number of hydrogen-bond donors (Lipinski definition) is 2. The Bertz CT molecular complexity index is 1020. The molecule has 0 unspecified atom stereocenters. The monoisotopic (exact) mass is 546 g/mol. The fourth-order valence-electron chi connectivity index (χ4n) is 4.23. The van der Waals surface area contributed by atoms with Gasteiger partial charge in [0.05, 0.1) is 12.1 Å². The van der Waals surface area contributed by atoms with Crippen LogP contribution in [0.5, 0.6) is 0 Å². The molecule has 8 heteroatoms. The first kappa shape index (κ1) is 32.1. The summed E-state index contributed by atoms with van der Waals surface area (Å²) in [5, 5.41) is 12.2. The lowest BCUT2D eigenvalue weighted by molar-refractivity contribution is -0.139. The van der Waals surface area contributed by atoms with Gasteiger partial charge in [0.15, 0.2) is 0 Å². The number of carbonyl (C=O) groups excluding carboxylic acids is 1. The average molecular weight is 547 g/mol. The van der Waals surface area contributed by atoms with E-state index in [4.69, 9.17) is 0 Å². The number of unbranched alkanes of at least 4 members (excludes halogenated alkanes) is 7. The molecule has 2 aromatic carbocycles. The van der Waals surface area contributed by atoms with E-state index in [1.807, 2.05) is 12.1 Å². The van der Waals surface area contributed by atoms with Crippen LogP contribution >= 0.6 is 0 Å². The van der Waals surface area contributed by atoms with E-state index in [9.17, 15) is 27.9 Å². The molecule has 0 saturated carbocycles. The number of aliphatic carboxylic acids is 1. The summed E-state index contributed by atoms with van der Waals surface area (Å²) in [7, 11) is 0. The van der Waals surface area contributed by atoms with Crippen molar-refractivity contribution in [3.05, 3.63) is 77.4 Å². The summed E-state index contributed by atoms with van der Waals surface area (Å²) in [6.07, 6.45) is 10.8. The largest absolute Gasteiger partial charge is 0.480 e. The molecule has 0 heterocycles. The molecule has 0 aliphatic carbocycles. The van der Waals surface area contributed by atoms with Crippen LogP contribution < -0.4 is 5.32 Å². The third-order valence-corrected chi connectivity index (χ3v) is 6.36. The zero-order valence-corrected chi connectivity index (χ0v) is 22.8. The van der Waals surface area contributed by atoms with Gasteiger partial charge in [-0.05, 0) is 61.1 Å². The van der Waals surface area contributed by atoms with Crippen molar-refractivity contribution in [2.75, 3.05) is 11.9 Å². The second-order valence-corrected chi connectivity index (χ2v) is 9.90. The summed E-state index contributed by atoms with van der Waals surface area (Å²) >= 11 is 0. The number of carboxylic acid groups (broad SMARTS) is 1. The average Bonchev–Trinajstić information content (AvgIpc) is 2.88. The number of amides is 1. The van der Waals surface area contributed by atoms with E-state index in [1.54, 1.807) is 17.0 Å². The molecular weight excluding hydrogens is 505 g/mol. The van der Waals surface area contributed by atoms with Crippen molar-refractivity contribution in [1.82, 2.24) is 4.90 Å². The van der Waals surface area contributed by atoms with Gasteiger partial charge in [-0.25, -0.2) is 0 Å². The molecule has 0 aliphatic heterocycles. The molecule has 39 heavy (non-hydrogen) atoms. The first-order chi connectivity index (χ1) is 18.7. The maximum Gasteiger partial charge on any atom is 0.416 e. The second kappa shape index (κ2) is 17.5. The number of rotatable bonds is 18. The van der Waals surface area contributed by atoms with Crippen molar-refractivity contribution in [3.8, 4) is 0 Å². The Morgan fingerprint density at radius 2 is 1.36 bits per heavy atom. The number of carbonyl (C=O) groups is 2. The number of nitrogens with one attached hydrogen (secondary N) is 1. The number of benzene rings is 2. The molecule has 2 aromatic rings. The minimum atomic E-state index is -4.42. The van der Waals surface area contributed by atoms with Crippen molar-refractivity contribution in [2.24, 2.45) is 0 Å². The standard InChI is InChI=1S/C31H41F3N2O3/c1-2-3-4-5-6-7-8-9-10-11-12-13-29(37)35-28-20-16-26(17-21-28)23-36(24-30(38)39)22-25-14-18-27(19-15-25)31(32,33)34/h5-6,14-21H,2-4,7-13,22-24H2,1H3,(H,35,37)(H,38,39)/b6-5-. The Kier molecular flexibility index (Phi) is 14.4. The molecule has 0 spiro atoms. The van der Waals surface area contributed by atoms with Gasteiger partial charge in [-0.2, -0.15) is 13.2 Å². The predicted octanol–water partition coefficient (Wildman–Crippen LogP) is 8.21. The Morgan fingerprint density at radius 3 is 1.92 bits per heavy atom. The first-order valence-corrected chi connectivity index (χ1v) is 13.8. The smallest absolute Gasteiger partial charge is 0.416 e. The zero-order chi connectivity index (χ0) is 28.5. The molecule has 0 bridgehead atoms. The zero-order valence-electron chi connectivity index (χ0n) is 22.8. The van der Waals surface area contributed by atoms with E-state index >= 15 is 0 Å². The van der Waals surface area contributed by atoms with Crippen LogP contribution in [0.25, 0.3) is 0 Å². The maximum atomic E-state index is 12.8. The van der Waals surface area contributed by atoms with E-state index in [1.165, 1.54) is 44.2 Å². The first-order valence-electron chi connectivity index (χ1n) is 13.8. The van der Waals surface area contributed by atoms with Gasteiger partial charge >= 0.3 is 12.1 Å². The van der Waals surface area contributed by atoms with E-state index in [0.29, 0.717) is 24.2 Å². The third-order valence-electron chi connectivity index (χ3n) is 6.36. The summed E-state index contributed by atoms with van der Waals surface area (Å²) in [6.45, 7) is 2.44. The molecule has 0 radical (unpaired) electrons. The molecular formula is C31H41F3N2O3. The Morgan fingerprint density at radius 1 is 0.821 bits per heavy atom. The van der Waals surface area contributed by atoms with Crippen LogP contribution in [-0.2, 0) is 28.9 Å². The molecule has 5 nitrogen and oxygen atoms in total. The molecule has 1 amide bonds. The highest BCUT2D eigenvalue weighted by Gasteiger charge is 2.30. The van der Waals surface area contributed by atoms with Crippen molar-refractivity contribution in [3.63, 3.8) is 0 Å². The number of allylic oxidation sites excluding steroid dienone is 2. The number of anilines is 1. The van der Waals surface area contributed by atoms with Crippen molar-refractivity contribution < 1.29 is 27.9 Å². The quantitative estimate of drug-likeness (QED) is 0.146. The number of hydrogen-bond acceptors (Lipinski definition) is 3. The second-order valence-electron chi connectivity index (χ2n) is 9.90. The van der Waals surface area contributed by atoms with Gasteiger partial charge in [0, 0.05) is 25.2 Å². The molecule has 2 N–H and O–H groups in total. The third kappa shape index (κ3) is 14.0. The number of alkyl halides is 3. The normalized spacial score (nSPS) is 11.8. The minimum Gasteiger partial charge on any atom is -0.480 e. The van der Waals surface area contributed by atoms with E-state index in [0.717, 1.165) is 43.4 Å². The molecule has 0 aliphatic rings. The molecule has 0 fully saturated rings. The number of nitrogens with zero attached hydrogens (tertiary/aromatic N) is 1. The highest BCUT2D eigenvalue weighted by atomic mass is 19.4. The van der Waals surface area contributed by atoms with Crippen LogP contribution in [0.3, 0.4) is 0 Å². The fraction of sp³-hybridized carbons (Fsp3) is 0.484. The van der Waals surface area contributed by atoms with Crippen molar-refractivity contribution >= 4 is 17.6 Å². The summed E-state index contributed by atoms with van der Waals surface area (Å²) in [5.41, 5.74) is 1.36. The number of carboxylic acids is 1. The molecule has 2 rings (SSSR count). The van der Waals surface area contributed by atoms with Crippen molar-refractivity contribution in [2.45, 2.75) is 90.4 Å². The van der Waals surface area contributed by atoms with Gasteiger partial charge in [0.2, 0.25) is 5.91 Å².